The molecule has 0 aromatic heterocycles. The van der Waals surface area contributed by atoms with Crippen LogP contribution in [0.4, 0.5) is 13.2 Å². The minimum Gasteiger partial charge on any atom is -0.396 e. The first-order valence-electron chi connectivity index (χ1n) is 5.94. The van der Waals surface area contributed by atoms with E-state index in [0.717, 1.165) is 5.56 Å². The standard InChI is InChI=1S/C13H16ClF3O2/c14-12-6-2-1-5-11(12)10(8-18)4-3-7-19-9-13(15,16)17/h1-2,5-6,10,18H,3-4,7-9H2. The van der Waals surface area contributed by atoms with Crippen molar-refractivity contribution < 1.29 is 23.0 Å². The second-order valence-electron chi connectivity index (χ2n) is 4.21. The molecule has 1 unspecified atom stereocenters. The Morgan fingerprint density at radius 3 is 2.53 bits per heavy atom. The summed E-state index contributed by atoms with van der Waals surface area (Å²) in [5, 5.41) is 9.86. The summed E-state index contributed by atoms with van der Waals surface area (Å²) in [4.78, 5) is 0. The van der Waals surface area contributed by atoms with Gasteiger partial charge in [0.25, 0.3) is 0 Å². The van der Waals surface area contributed by atoms with Gasteiger partial charge in [-0.15, -0.1) is 0 Å². The van der Waals surface area contributed by atoms with Gasteiger partial charge in [0.2, 0.25) is 0 Å². The minimum atomic E-state index is -4.29. The van der Waals surface area contributed by atoms with Crippen LogP contribution in [0.2, 0.25) is 5.02 Å². The maximum Gasteiger partial charge on any atom is 0.411 e. The molecule has 0 bridgehead atoms. The van der Waals surface area contributed by atoms with Crippen LogP contribution in [0.3, 0.4) is 0 Å². The highest BCUT2D eigenvalue weighted by Gasteiger charge is 2.27. The number of halogens is 4. The molecule has 19 heavy (non-hydrogen) atoms. The molecule has 0 heterocycles. The van der Waals surface area contributed by atoms with Crippen LogP contribution in [0.5, 0.6) is 0 Å². The highest BCUT2D eigenvalue weighted by Crippen LogP contribution is 2.27. The van der Waals surface area contributed by atoms with Gasteiger partial charge in [-0.2, -0.15) is 13.2 Å². The summed E-state index contributed by atoms with van der Waals surface area (Å²) in [7, 11) is 0. The van der Waals surface area contributed by atoms with Gasteiger partial charge in [0, 0.05) is 24.2 Å². The van der Waals surface area contributed by atoms with Crippen LogP contribution in [0, 0.1) is 0 Å². The van der Waals surface area contributed by atoms with Crippen molar-refractivity contribution in [3.63, 3.8) is 0 Å². The molecule has 0 aliphatic carbocycles. The summed E-state index contributed by atoms with van der Waals surface area (Å²) in [6, 6.07) is 7.12. The monoisotopic (exact) mass is 296 g/mol. The van der Waals surface area contributed by atoms with Crippen molar-refractivity contribution in [2.24, 2.45) is 0 Å². The average Bonchev–Trinajstić information content (AvgIpc) is 2.34. The van der Waals surface area contributed by atoms with Gasteiger partial charge in [0.1, 0.15) is 6.61 Å². The summed E-state index contributed by atoms with van der Waals surface area (Å²) in [5.74, 6) is -0.178. The summed E-state index contributed by atoms with van der Waals surface area (Å²) in [5.41, 5.74) is 0.808. The number of rotatable bonds is 7. The lowest BCUT2D eigenvalue weighted by atomic mass is 9.95. The van der Waals surface area contributed by atoms with E-state index in [1.165, 1.54) is 0 Å². The molecule has 108 valence electrons. The van der Waals surface area contributed by atoms with E-state index in [9.17, 15) is 18.3 Å². The van der Waals surface area contributed by atoms with Crippen molar-refractivity contribution >= 4 is 11.6 Å². The van der Waals surface area contributed by atoms with Crippen LogP contribution >= 0.6 is 11.6 Å². The average molecular weight is 297 g/mol. The number of alkyl halides is 3. The predicted molar refractivity (Wildman–Crippen MR) is 67.4 cm³/mol. The molecular formula is C13H16ClF3O2. The Morgan fingerprint density at radius 2 is 1.95 bits per heavy atom. The maximum atomic E-state index is 11.8. The molecule has 1 atom stereocenters. The fourth-order valence-corrected chi connectivity index (χ4v) is 2.06. The number of hydrogen-bond acceptors (Lipinski definition) is 2. The van der Waals surface area contributed by atoms with Gasteiger partial charge in [-0.3, -0.25) is 0 Å². The van der Waals surface area contributed by atoms with Gasteiger partial charge in [0.15, 0.2) is 0 Å². The van der Waals surface area contributed by atoms with E-state index < -0.39 is 12.8 Å². The van der Waals surface area contributed by atoms with Crippen molar-refractivity contribution in [1.29, 1.82) is 0 Å². The van der Waals surface area contributed by atoms with Gasteiger partial charge in [-0.05, 0) is 24.5 Å². The van der Waals surface area contributed by atoms with E-state index in [1.807, 2.05) is 6.07 Å². The Kier molecular flexibility index (Phi) is 6.62. The van der Waals surface area contributed by atoms with Gasteiger partial charge < -0.3 is 9.84 Å². The number of ether oxygens (including phenoxy) is 1. The normalized spacial score (nSPS) is 13.5. The Bertz CT molecular complexity index is 382. The minimum absolute atomic E-state index is 0.0143. The Hall–Kier alpha value is -0.780. The molecule has 0 amide bonds. The van der Waals surface area contributed by atoms with E-state index in [0.29, 0.717) is 17.9 Å². The molecule has 0 aliphatic heterocycles. The van der Waals surface area contributed by atoms with Gasteiger partial charge in [-0.25, -0.2) is 0 Å². The topological polar surface area (TPSA) is 29.5 Å². The highest BCUT2D eigenvalue weighted by molar-refractivity contribution is 6.31. The third kappa shape index (κ3) is 6.27. The van der Waals surface area contributed by atoms with Gasteiger partial charge in [0.05, 0.1) is 0 Å². The van der Waals surface area contributed by atoms with E-state index in [1.54, 1.807) is 18.2 Å². The van der Waals surface area contributed by atoms with Crippen molar-refractivity contribution in [3.05, 3.63) is 34.9 Å². The predicted octanol–water partition coefficient (Wildman–Crippen LogP) is 3.78. The molecule has 0 saturated carbocycles. The molecule has 1 aromatic carbocycles. The molecule has 0 fully saturated rings. The highest BCUT2D eigenvalue weighted by atomic mass is 35.5. The first-order valence-corrected chi connectivity index (χ1v) is 6.31. The van der Waals surface area contributed by atoms with E-state index in [-0.39, 0.29) is 19.1 Å². The van der Waals surface area contributed by atoms with Crippen LogP contribution in [-0.2, 0) is 4.74 Å². The van der Waals surface area contributed by atoms with Crippen molar-refractivity contribution in [1.82, 2.24) is 0 Å². The molecule has 0 spiro atoms. The summed E-state index contributed by atoms with van der Waals surface area (Å²) < 4.78 is 40.0. The molecule has 6 heteroatoms. The smallest absolute Gasteiger partial charge is 0.396 e. The first kappa shape index (κ1) is 16.3. The molecular weight excluding hydrogens is 281 g/mol. The SMILES string of the molecule is OCC(CCCOCC(F)(F)F)c1ccccc1Cl. The zero-order valence-corrected chi connectivity index (χ0v) is 11.0. The van der Waals surface area contributed by atoms with Crippen LogP contribution in [-0.4, -0.2) is 31.1 Å². The third-order valence-electron chi connectivity index (χ3n) is 2.67. The number of hydrogen-bond donors (Lipinski definition) is 1. The zero-order valence-electron chi connectivity index (χ0n) is 10.3. The molecule has 1 rings (SSSR count). The Morgan fingerprint density at radius 1 is 1.26 bits per heavy atom. The van der Waals surface area contributed by atoms with Crippen LogP contribution in [0.15, 0.2) is 24.3 Å². The molecule has 0 aliphatic rings. The van der Waals surface area contributed by atoms with Crippen LogP contribution in [0.1, 0.15) is 24.3 Å². The van der Waals surface area contributed by atoms with E-state index in [2.05, 4.69) is 4.74 Å². The first-order chi connectivity index (χ1) is 8.94. The van der Waals surface area contributed by atoms with Crippen LogP contribution < -0.4 is 0 Å². The molecule has 0 radical (unpaired) electrons. The largest absolute Gasteiger partial charge is 0.411 e. The fourth-order valence-electron chi connectivity index (χ4n) is 1.77. The van der Waals surface area contributed by atoms with E-state index >= 15 is 0 Å². The molecule has 0 saturated heterocycles. The molecule has 1 aromatic rings. The fraction of sp³-hybridized carbons (Fsp3) is 0.538. The lowest BCUT2D eigenvalue weighted by molar-refractivity contribution is -0.174. The lowest BCUT2D eigenvalue weighted by Crippen LogP contribution is -2.17. The second kappa shape index (κ2) is 7.72. The van der Waals surface area contributed by atoms with E-state index in [4.69, 9.17) is 11.6 Å². The zero-order chi connectivity index (χ0) is 14.3. The Labute approximate surface area is 115 Å². The molecule has 2 nitrogen and oxygen atoms in total. The second-order valence-corrected chi connectivity index (χ2v) is 4.62. The molecule has 1 N–H and O–H groups in total. The number of aliphatic hydroxyl groups excluding tert-OH is 1. The quantitative estimate of drug-likeness (QED) is 0.776. The van der Waals surface area contributed by atoms with Crippen molar-refractivity contribution in [2.75, 3.05) is 19.8 Å². The third-order valence-corrected chi connectivity index (χ3v) is 3.02. The van der Waals surface area contributed by atoms with Crippen LogP contribution in [0.25, 0.3) is 0 Å². The van der Waals surface area contributed by atoms with Gasteiger partial charge >= 0.3 is 6.18 Å². The lowest BCUT2D eigenvalue weighted by Gasteiger charge is -2.16. The maximum absolute atomic E-state index is 11.8. The summed E-state index contributed by atoms with van der Waals surface area (Å²) in [6.07, 6.45) is -3.33. The number of benzene rings is 1. The number of aliphatic hydroxyl groups is 1. The summed E-state index contributed by atoms with van der Waals surface area (Å²) in [6.45, 7) is -1.31. The van der Waals surface area contributed by atoms with Crippen molar-refractivity contribution in [2.45, 2.75) is 24.9 Å². The summed E-state index contributed by atoms with van der Waals surface area (Å²) >= 11 is 6.01. The Balaban J connectivity index is 2.36. The van der Waals surface area contributed by atoms with Gasteiger partial charge in [-0.1, -0.05) is 29.8 Å². The van der Waals surface area contributed by atoms with Crippen molar-refractivity contribution in [3.8, 4) is 0 Å².